The molecule has 0 unspecified atom stereocenters. The largest absolute Gasteiger partial charge is 0.295 e. The van der Waals surface area contributed by atoms with Crippen molar-refractivity contribution < 1.29 is 0 Å². The second-order valence-electron chi connectivity index (χ2n) is 10.2. The first-order valence-electron chi connectivity index (χ1n) is 13.2. The van der Waals surface area contributed by atoms with E-state index in [2.05, 4.69) is 145 Å². The highest BCUT2D eigenvalue weighted by atomic mass is 15.2. The van der Waals surface area contributed by atoms with E-state index >= 15 is 0 Å². The zero-order chi connectivity index (χ0) is 25.7. The van der Waals surface area contributed by atoms with Gasteiger partial charge in [0.25, 0.3) is 0 Å². The summed E-state index contributed by atoms with van der Waals surface area (Å²) in [7, 11) is 7.16. The van der Waals surface area contributed by atoms with Gasteiger partial charge in [0.2, 0.25) is 0 Å². The van der Waals surface area contributed by atoms with Crippen LogP contribution in [-0.2, 0) is 0 Å². The van der Waals surface area contributed by atoms with Gasteiger partial charge in [-0.15, -0.1) is 0 Å². The van der Waals surface area contributed by atoms with E-state index in [-0.39, 0.29) is 0 Å². The molecule has 2 radical (unpaired) electrons. The molecular weight excluding hydrogens is 475 g/mol. The smallest absolute Gasteiger partial charge is 0.123 e. The average Bonchev–Trinajstić information content (AvgIpc) is 3.70. The van der Waals surface area contributed by atoms with Gasteiger partial charge in [-0.05, 0) is 66.1 Å². The third-order valence-electron chi connectivity index (χ3n) is 8.11. The number of nitrogens with zero attached hydrogens (tertiary/aromatic N) is 4. The number of imidazole rings is 2. The van der Waals surface area contributed by atoms with E-state index in [9.17, 15) is 0 Å². The predicted octanol–water partition coefficient (Wildman–Crippen LogP) is 7.18. The predicted molar refractivity (Wildman–Crippen MR) is 162 cm³/mol. The minimum atomic E-state index is 0.736. The number of benzene rings is 5. The van der Waals surface area contributed by atoms with Gasteiger partial charge in [0, 0.05) is 22.1 Å². The van der Waals surface area contributed by atoms with E-state index in [1.165, 1.54) is 21.8 Å². The Bertz CT molecular complexity index is 2250. The fraction of sp³-hybridized carbons (Fsp3) is 0. The standard InChI is InChI=1S/C34H21BN4/c35-34-30(38-28-16-7-5-14-26(28)36-24-12-3-1-10-22(24)20-32(36)38)18-9-19-31(34)39-29-17-8-6-15-27(29)37-25-13-4-2-11-23(25)21-33(37)39/h1-21H. The molecule has 0 aliphatic heterocycles. The lowest BCUT2D eigenvalue weighted by atomic mass is 9.91. The molecule has 39 heavy (non-hydrogen) atoms. The minimum absolute atomic E-state index is 0.736. The molecule has 0 aliphatic rings. The molecular formula is C34H21BN4. The normalized spacial score (nSPS) is 12.2. The van der Waals surface area contributed by atoms with E-state index < -0.39 is 0 Å². The topological polar surface area (TPSA) is 18.7 Å². The van der Waals surface area contributed by atoms with Crippen LogP contribution in [0.15, 0.2) is 127 Å². The summed E-state index contributed by atoms with van der Waals surface area (Å²) in [5.41, 5.74) is 11.8. The molecule has 5 heteroatoms. The monoisotopic (exact) mass is 496 g/mol. The van der Waals surface area contributed by atoms with Gasteiger partial charge in [-0.3, -0.25) is 17.9 Å². The van der Waals surface area contributed by atoms with Gasteiger partial charge < -0.3 is 0 Å². The van der Waals surface area contributed by atoms with E-state index in [0.29, 0.717) is 0 Å². The second-order valence-corrected chi connectivity index (χ2v) is 10.2. The lowest BCUT2D eigenvalue weighted by Gasteiger charge is -2.16. The van der Waals surface area contributed by atoms with Crippen LogP contribution in [0, 0.1) is 0 Å². The van der Waals surface area contributed by atoms with E-state index in [1.54, 1.807) is 0 Å². The van der Waals surface area contributed by atoms with Crippen LogP contribution >= 0.6 is 0 Å². The number of para-hydroxylation sites is 6. The van der Waals surface area contributed by atoms with Crippen LogP contribution in [0.5, 0.6) is 0 Å². The van der Waals surface area contributed by atoms with Crippen molar-refractivity contribution in [2.45, 2.75) is 0 Å². The number of rotatable bonds is 2. The van der Waals surface area contributed by atoms with Crippen LogP contribution in [0.3, 0.4) is 0 Å². The van der Waals surface area contributed by atoms with Crippen LogP contribution < -0.4 is 5.46 Å². The second kappa shape index (κ2) is 7.45. The number of aromatic nitrogens is 4. The molecule has 4 nitrogen and oxygen atoms in total. The van der Waals surface area contributed by atoms with E-state index in [4.69, 9.17) is 7.85 Å². The maximum atomic E-state index is 7.16. The Morgan fingerprint density at radius 2 is 0.769 bits per heavy atom. The van der Waals surface area contributed by atoms with Crippen molar-refractivity contribution >= 4 is 68.5 Å². The maximum Gasteiger partial charge on any atom is 0.123 e. The summed E-state index contributed by atoms with van der Waals surface area (Å²) in [6.07, 6.45) is 0. The van der Waals surface area contributed by atoms with Gasteiger partial charge in [0.1, 0.15) is 19.1 Å². The molecule has 9 aromatic rings. The first kappa shape index (κ1) is 20.9. The molecule has 4 aromatic heterocycles. The molecule has 0 atom stereocenters. The Labute approximate surface area is 224 Å². The molecule has 0 bridgehead atoms. The molecule has 5 aromatic carbocycles. The number of hydrogen-bond donors (Lipinski definition) is 0. The van der Waals surface area contributed by atoms with Crippen LogP contribution in [0.25, 0.3) is 66.5 Å². The Kier molecular flexibility index (Phi) is 3.99. The fourth-order valence-electron chi connectivity index (χ4n) is 6.48. The van der Waals surface area contributed by atoms with Gasteiger partial charge in [-0.2, -0.15) is 0 Å². The summed E-state index contributed by atoms with van der Waals surface area (Å²) in [5, 5.41) is 2.42. The lowest BCUT2D eigenvalue weighted by Crippen LogP contribution is -2.19. The summed E-state index contributed by atoms with van der Waals surface area (Å²) in [4.78, 5) is 0. The molecule has 0 saturated carbocycles. The van der Waals surface area contributed by atoms with Crippen molar-refractivity contribution in [3.63, 3.8) is 0 Å². The highest BCUT2D eigenvalue weighted by molar-refractivity contribution is 6.37. The quantitative estimate of drug-likeness (QED) is 0.226. The van der Waals surface area contributed by atoms with Crippen molar-refractivity contribution in [3.05, 3.63) is 127 Å². The maximum absolute atomic E-state index is 7.16. The first-order valence-corrected chi connectivity index (χ1v) is 13.2. The Morgan fingerprint density at radius 3 is 1.23 bits per heavy atom. The van der Waals surface area contributed by atoms with Gasteiger partial charge in [0.15, 0.2) is 0 Å². The van der Waals surface area contributed by atoms with Crippen LogP contribution in [0.4, 0.5) is 0 Å². The third kappa shape index (κ3) is 2.64. The molecule has 4 heterocycles. The van der Waals surface area contributed by atoms with Crippen LogP contribution in [-0.4, -0.2) is 25.8 Å². The summed E-state index contributed by atoms with van der Waals surface area (Å²) < 4.78 is 9.26. The Hall–Kier alpha value is -5.16. The van der Waals surface area contributed by atoms with Gasteiger partial charge in [-0.25, -0.2) is 0 Å². The third-order valence-corrected chi connectivity index (χ3v) is 8.11. The zero-order valence-corrected chi connectivity index (χ0v) is 21.0. The first-order chi connectivity index (χ1) is 19.3. The zero-order valence-electron chi connectivity index (χ0n) is 21.0. The highest BCUT2D eigenvalue weighted by Gasteiger charge is 2.20. The SMILES string of the molecule is [B]c1c(-n2c3ccccc3n3c4ccccc4cc23)cccc1-n1c2ccccc2n2c3ccccc3cc12. The molecule has 0 spiro atoms. The number of fused-ring (bicyclic) bond motifs is 10. The average molecular weight is 496 g/mol. The van der Waals surface area contributed by atoms with Gasteiger partial charge in [0.05, 0.1) is 33.1 Å². The van der Waals surface area contributed by atoms with Crippen molar-refractivity contribution in [3.8, 4) is 11.4 Å². The van der Waals surface area contributed by atoms with Crippen LogP contribution in [0.1, 0.15) is 0 Å². The van der Waals surface area contributed by atoms with Crippen molar-refractivity contribution in [1.29, 1.82) is 0 Å². The molecule has 0 saturated heterocycles. The summed E-state index contributed by atoms with van der Waals surface area (Å²) in [5.74, 6) is 0. The summed E-state index contributed by atoms with van der Waals surface area (Å²) >= 11 is 0. The molecule has 0 aliphatic carbocycles. The van der Waals surface area contributed by atoms with Crippen molar-refractivity contribution in [1.82, 2.24) is 17.9 Å². The lowest BCUT2D eigenvalue weighted by molar-refractivity contribution is 1.12. The van der Waals surface area contributed by atoms with Gasteiger partial charge in [-0.1, -0.05) is 66.7 Å². The number of hydrogen-bond acceptors (Lipinski definition) is 0. The molecule has 9 rings (SSSR count). The molecule has 180 valence electrons. The van der Waals surface area contributed by atoms with Gasteiger partial charge >= 0.3 is 0 Å². The van der Waals surface area contributed by atoms with Crippen molar-refractivity contribution in [2.75, 3.05) is 0 Å². The minimum Gasteiger partial charge on any atom is -0.295 e. The van der Waals surface area contributed by atoms with Crippen molar-refractivity contribution in [2.24, 2.45) is 0 Å². The van der Waals surface area contributed by atoms with E-state index in [0.717, 1.165) is 50.2 Å². The Balaban J connectivity index is 1.41. The molecule has 0 fully saturated rings. The summed E-state index contributed by atoms with van der Waals surface area (Å²) in [6, 6.07) is 45.0. The van der Waals surface area contributed by atoms with Crippen LogP contribution in [0.2, 0.25) is 0 Å². The molecule has 0 amide bonds. The highest BCUT2D eigenvalue weighted by Crippen LogP contribution is 2.33. The summed E-state index contributed by atoms with van der Waals surface area (Å²) in [6.45, 7) is 0. The Morgan fingerprint density at radius 1 is 0.385 bits per heavy atom. The molecule has 0 N–H and O–H groups in total. The fourth-order valence-corrected chi connectivity index (χ4v) is 6.48. The van der Waals surface area contributed by atoms with E-state index in [1.807, 2.05) is 0 Å².